The molecule has 3 N–H and O–H groups in total. The van der Waals surface area contributed by atoms with E-state index >= 15 is 0 Å². The maximum atomic E-state index is 11.7. The summed E-state index contributed by atoms with van der Waals surface area (Å²) in [6.07, 6.45) is 1.43. The Morgan fingerprint density at radius 2 is 2.15 bits per heavy atom. The van der Waals surface area contributed by atoms with E-state index in [0.29, 0.717) is 27.6 Å². The van der Waals surface area contributed by atoms with Crippen LogP contribution in [0, 0.1) is 0 Å². The maximum absolute atomic E-state index is 11.7. The fraction of sp³-hybridized carbons (Fsp3) is 0.125. The third-order valence-electron chi connectivity index (χ3n) is 2.94. The fourth-order valence-electron chi connectivity index (χ4n) is 1.82. The van der Waals surface area contributed by atoms with E-state index in [4.69, 9.17) is 14.9 Å². The van der Waals surface area contributed by atoms with Gasteiger partial charge in [-0.1, -0.05) is 41.3 Å². The number of hydrogen-bond donors (Lipinski definition) is 2. The summed E-state index contributed by atoms with van der Waals surface area (Å²) < 4.78 is 11.8. The quantitative estimate of drug-likeness (QED) is 0.345. The van der Waals surface area contributed by atoms with Gasteiger partial charge in [-0.25, -0.2) is 5.43 Å². The van der Waals surface area contributed by atoms with Gasteiger partial charge in [-0.05, 0) is 24.3 Å². The van der Waals surface area contributed by atoms with Crippen molar-refractivity contribution >= 4 is 40.4 Å². The minimum Gasteiger partial charge on any atom is -0.486 e. The Kier molecular flexibility index (Phi) is 6.23. The number of nitrogens with zero attached hydrogens (tertiary/aromatic N) is 3. The molecule has 0 saturated carbocycles. The molecule has 0 spiro atoms. The first-order valence-corrected chi connectivity index (χ1v) is 9.29. The average molecular weight is 389 g/mol. The molecule has 0 aliphatic rings. The molecule has 0 atom stereocenters. The van der Waals surface area contributed by atoms with Gasteiger partial charge in [-0.15, -0.1) is 10.2 Å². The van der Waals surface area contributed by atoms with Crippen molar-refractivity contribution in [1.82, 2.24) is 15.6 Å². The van der Waals surface area contributed by atoms with Gasteiger partial charge in [0.05, 0.1) is 12.0 Å². The van der Waals surface area contributed by atoms with Gasteiger partial charge in [0.15, 0.2) is 4.34 Å². The molecule has 8 nitrogen and oxygen atoms in total. The first-order chi connectivity index (χ1) is 12.7. The molecule has 2 aromatic heterocycles. The molecule has 3 rings (SSSR count). The van der Waals surface area contributed by atoms with Crippen LogP contribution in [0.5, 0.6) is 5.75 Å². The Labute approximate surface area is 157 Å². The second kappa shape index (κ2) is 9.02. The van der Waals surface area contributed by atoms with Crippen LogP contribution in [0.25, 0.3) is 0 Å². The maximum Gasteiger partial charge on any atom is 0.250 e. The number of anilines is 1. The summed E-state index contributed by atoms with van der Waals surface area (Å²) in [7, 11) is 0. The van der Waals surface area contributed by atoms with Gasteiger partial charge in [-0.3, -0.25) is 4.79 Å². The van der Waals surface area contributed by atoms with Gasteiger partial charge in [-0.2, -0.15) is 5.10 Å². The second-order valence-electron chi connectivity index (χ2n) is 4.89. The number of furan rings is 1. The van der Waals surface area contributed by atoms with E-state index < -0.39 is 0 Å². The number of thioether (sulfide) groups is 1. The lowest BCUT2D eigenvalue weighted by atomic mass is 10.3. The summed E-state index contributed by atoms with van der Waals surface area (Å²) in [5.41, 5.74) is 7.89. The van der Waals surface area contributed by atoms with E-state index in [1.807, 2.05) is 30.3 Å². The van der Waals surface area contributed by atoms with Crippen LogP contribution in [-0.2, 0) is 11.4 Å². The largest absolute Gasteiger partial charge is 0.486 e. The van der Waals surface area contributed by atoms with Crippen LogP contribution in [0.4, 0.5) is 5.13 Å². The fourth-order valence-corrected chi connectivity index (χ4v) is 3.25. The molecule has 0 bridgehead atoms. The van der Waals surface area contributed by atoms with Crippen LogP contribution >= 0.6 is 23.1 Å². The van der Waals surface area contributed by atoms with Gasteiger partial charge >= 0.3 is 0 Å². The van der Waals surface area contributed by atoms with Gasteiger partial charge in [0, 0.05) is 0 Å². The van der Waals surface area contributed by atoms with Crippen molar-refractivity contribution in [2.24, 2.45) is 5.10 Å². The third kappa shape index (κ3) is 5.60. The van der Waals surface area contributed by atoms with Crippen molar-refractivity contribution in [2.45, 2.75) is 10.9 Å². The highest BCUT2D eigenvalue weighted by Crippen LogP contribution is 2.22. The SMILES string of the molecule is Nc1nnc(SCC(=O)N/N=C/c2ccc(COc3ccccc3)o2)s1. The van der Waals surface area contributed by atoms with E-state index in [0.717, 1.165) is 5.75 Å². The number of nitrogen functional groups attached to an aromatic ring is 1. The molecule has 0 unspecified atom stereocenters. The number of aromatic nitrogens is 2. The van der Waals surface area contributed by atoms with Crippen LogP contribution < -0.4 is 15.9 Å². The van der Waals surface area contributed by atoms with Crippen molar-refractivity contribution in [3.05, 3.63) is 54.0 Å². The van der Waals surface area contributed by atoms with E-state index in [9.17, 15) is 4.79 Å². The Balaban J connectivity index is 1.41. The molecule has 1 aromatic carbocycles. The molecular weight excluding hydrogens is 374 g/mol. The number of hydrogen-bond acceptors (Lipinski definition) is 9. The highest BCUT2D eigenvalue weighted by atomic mass is 32.2. The Morgan fingerprint density at radius 1 is 1.31 bits per heavy atom. The molecule has 2 heterocycles. The molecule has 26 heavy (non-hydrogen) atoms. The zero-order chi connectivity index (χ0) is 18.2. The third-order valence-corrected chi connectivity index (χ3v) is 4.82. The Hall–Kier alpha value is -2.85. The number of benzene rings is 1. The first kappa shape index (κ1) is 18.0. The molecule has 10 heteroatoms. The lowest BCUT2D eigenvalue weighted by Crippen LogP contribution is -2.19. The highest BCUT2D eigenvalue weighted by Gasteiger charge is 2.06. The molecule has 0 fully saturated rings. The minimum absolute atomic E-state index is 0.167. The molecular formula is C16H15N5O3S2. The van der Waals surface area contributed by atoms with E-state index in [1.165, 1.54) is 29.3 Å². The summed E-state index contributed by atoms with van der Waals surface area (Å²) in [4.78, 5) is 11.7. The molecule has 0 aliphatic carbocycles. The molecule has 0 aliphatic heterocycles. The van der Waals surface area contributed by atoms with Crippen molar-refractivity contribution in [2.75, 3.05) is 11.5 Å². The van der Waals surface area contributed by atoms with Crippen molar-refractivity contribution in [3.8, 4) is 5.75 Å². The summed E-state index contributed by atoms with van der Waals surface area (Å²) in [5.74, 6) is 1.84. The zero-order valence-corrected chi connectivity index (χ0v) is 15.1. The number of hydrazone groups is 1. The van der Waals surface area contributed by atoms with Crippen LogP contribution in [0.3, 0.4) is 0 Å². The van der Waals surface area contributed by atoms with Crippen molar-refractivity contribution < 1.29 is 13.9 Å². The highest BCUT2D eigenvalue weighted by molar-refractivity contribution is 8.01. The lowest BCUT2D eigenvalue weighted by Gasteiger charge is -2.02. The summed E-state index contributed by atoms with van der Waals surface area (Å²) in [5, 5.41) is 11.7. The minimum atomic E-state index is -0.265. The van der Waals surface area contributed by atoms with Gasteiger partial charge in [0.25, 0.3) is 5.91 Å². The van der Waals surface area contributed by atoms with Crippen LogP contribution in [-0.4, -0.2) is 28.1 Å². The number of para-hydroxylation sites is 1. The standard InChI is InChI=1S/C16H15N5O3S2/c17-15-20-21-16(26-15)25-10-14(22)19-18-8-12-6-7-13(24-12)9-23-11-4-2-1-3-5-11/h1-8H,9-10H2,(H2,17,20)(H,19,22)/b18-8+. The number of nitrogens with two attached hydrogens (primary N) is 1. The zero-order valence-electron chi connectivity index (χ0n) is 13.5. The summed E-state index contributed by atoms with van der Waals surface area (Å²) >= 11 is 2.47. The first-order valence-electron chi connectivity index (χ1n) is 7.49. The van der Waals surface area contributed by atoms with E-state index in [-0.39, 0.29) is 11.7 Å². The van der Waals surface area contributed by atoms with Crippen molar-refractivity contribution in [1.29, 1.82) is 0 Å². The summed E-state index contributed by atoms with van der Waals surface area (Å²) in [6.45, 7) is 0.311. The smallest absolute Gasteiger partial charge is 0.250 e. The number of nitrogens with one attached hydrogen (secondary N) is 1. The van der Waals surface area contributed by atoms with Crippen molar-refractivity contribution in [3.63, 3.8) is 0 Å². The number of carbonyl (C=O) groups excluding carboxylic acids is 1. The number of rotatable bonds is 8. The lowest BCUT2D eigenvalue weighted by molar-refractivity contribution is -0.118. The summed E-state index contributed by atoms with van der Waals surface area (Å²) in [6, 6.07) is 13.0. The molecule has 0 radical (unpaired) electrons. The van der Waals surface area contributed by atoms with E-state index in [1.54, 1.807) is 12.1 Å². The monoisotopic (exact) mass is 389 g/mol. The molecule has 1 amide bonds. The van der Waals surface area contributed by atoms with Gasteiger partial charge in [0.1, 0.15) is 23.9 Å². The Bertz CT molecular complexity index is 879. The van der Waals surface area contributed by atoms with Crippen LogP contribution in [0.1, 0.15) is 11.5 Å². The average Bonchev–Trinajstić information content (AvgIpc) is 3.28. The van der Waals surface area contributed by atoms with E-state index in [2.05, 4.69) is 20.7 Å². The van der Waals surface area contributed by atoms with Crippen LogP contribution in [0.15, 0.2) is 56.3 Å². The predicted molar refractivity (Wildman–Crippen MR) is 100 cm³/mol. The normalized spacial score (nSPS) is 10.9. The van der Waals surface area contributed by atoms with Crippen LogP contribution in [0.2, 0.25) is 0 Å². The molecule has 134 valence electrons. The molecule has 0 saturated heterocycles. The molecule has 3 aromatic rings. The predicted octanol–water partition coefficient (Wildman–Crippen LogP) is 2.53. The number of ether oxygens (including phenoxy) is 1. The van der Waals surface area contributed by atoms with Gasteiger partial charge in [0.2, 0.25) is 5.13 Å². The number of carbonyl (C=O) groups is 1. The number of amides is 1. The topological polar surface area (TPSA) is 116 Å². The Morgan fingerprint density at radius 3 is 2.92 bits per heavy atom. The second-order valence-corrected chi connectivity index (χ2v) is 7.13. The van der Waals surface area contributed by atoms with Gasteiger partial charge < -0.3 is 14.9 Å².